The van der Waals surface area contributed by atoms with E-state index < -0.39 is 37.8 Å². The minimum Gasteiger partial charge on any atom is -0.724 e. The van der Waals surface area contributed by atoms with Gasteiger partial charge in [0.05, 0.1) is 0 Å². The van der Waals surface area contributed by atoms with Gasteiger partial charge in [0.15, 0.2) is 11.1 Å². The molecule has 11 nitrogen and oxygen atoms in total. The standard InChI is InChI=1S/CH4O3S.2Na.H2O8S2/c2-1-5(3)4;;;1-9(2,3)7-8-10(4,5)6/h2H,1H2,(H,3,4);;;(H,1,2,3)(H,4,5,6)/q;2*+1;/p-2. The van der Waals surface area contributed by atoms with E-state index >= 15 is 0 Å². The molecule has 0 saturated carbocycles. The SMILES string of the molecule is O=S(=O)([O-])OOS(=O)(=O)[O-].O=S(O)CO.[Na+].[Na+]. The van der Waals surface area contributed by atoms with Gasteiger partial charge in [-0.2, -0.15) is 0 Å². The third-order valence-electron chi connectivity index (χ3n) is 0.305. The van der Waals surface area contributed by atoms with E-state index in [-0.39, 0.29) is 59.1 Å². The molecule has 0 radical (unpaired) electrons. The summed E-state index contributed by atoms with van der Waals surface area (Å²) in [4.78, 5) is 0. The summed E-state index contributed by atoms with van der Waals surface area (Å²) in [5.74, 6) is -0.667. The van der Waals surface area contributed by atoms with E-state index in [1.807, 2.05) is 0 Å². The maximum atomic E-state index is 9.37. The number of hydrogen-bond acceptors (Lipinski definition) is 10. The molecule has 2 N–H and O–H groups in total. The summed E-state index contributed by atoms with van der Waals surface area (Å²) in [5, 5.41) is 7.59. The van der Waals surface area contributed by atoms with Crippen LogP contribution in [-0.4, -0.2) is 45.7 Å². The minimum absolute atomic E-state index is 0. The Labute approximate surface area is 144 Å². The second-order valence-corrected chi connectivity index (χ2v) is 4.21. The third kappa shape index (κ3) is 38.1. The van der Waals surface area contributed by atoms with E-state index in [1.54, 1.807) is 0 Å². The molecule has 0 rings (SSSR count). The first-order valence-corrected chi connectivity index (χ1v) is 6.40. The number of aliphatic hydroxyl groups is 1. The van der Waals surface area contributed by atoms with Crippen molar-refractivity contribution >= 4 is 31.9 Å². The normalized spacial score (nSPS) is 12.2. The largest absolute Gasteiger partial charge is 1.00 e. The van der Waals surface area contributed by atoms with Gasteiger partial charge in [0.25, 0.3) is 0 Å². The summed E-state index contributed by atoms with van der Waals surface area (Å²) in [6.45, 7) is 0. The van der Waals surface area contributed by atoms with Crippen molar-refractivity contribution in [3.8, 4) is 0 Å². The first-order valence-electron chi connectivity index (χ1n) is 2.45. The molecular formula is CH4Na2O11S3. The van der Waals surface area contributed by atoms with Crippen LogP contribution in [0.1, 0.15) is 0 Å². The Kier molecular flexibility index (Phi) is 20.5. The molecule has 0 heterocycles. The molecule has 0 aromatic carbocycles. The molecule has 0 saturated heterocycles. The second kappa shape index (κ2) is 12.8. The number of rotatable bonds is 4. The van der Waals surface area contributed by atoms with Crippen molar-refractivity contribution in [2.75, 3.05) is 5.94 Å². The van der Waals surface area contributed by atoms with Crippen LogP contribution in [0, 0.1) is 0 Å². The molecule has 1 unspecified atom stereocenters. The summed E-state index contributed by atoms with van der Waals surface area (Å²) in [6, 6.07) is 0. The smallest absolute Gasteiger partial charge is 0.724 e. The summed E-state index contributed by atoms with van der Waals surface area (Å²) >= 11 is -2.02. The van der Waals surface area contributed by atoms with Crippen LogP contribution in [0.4, 0.5) is 0 Å². The molecule has 0 spiro atoms. The molecule has 0 aliphatic carbocycles. The summed E-state index contributed by atoms with van der Waals surface area (Å²) in [7, 11) is -10.6. The predicted molar refractivity (Wildman–Crippen MR) is 39.4 cm³/mol. The molecule has 16 heteroatoms. The molecule has 0 bridgehead atoms. The molecular weight excluding hydrogens is 330 g/mol. The van der Waals surface area contributed by atoms with Crippen molar-refractivity contribution in [3.05, 3.63) is 0 Å². The fraction of sp³-hybridized carbons (Fsp3) is 1.00. The summed E-state index contributed by atoms with van der Waals surface area (Å²) in [6.07, 6.45) is 0. The van der Waals surface area contributed by atoms with E-state index in [0.29, 0.717) is 0 Å². The Hall–Kier alpha value is 1.81. The van der Waals surface area contributed by atoms with Crippen molar-refractivity contribution in [3.63, 3.8) is 0 Å². The van der Waals surface area contributed by atoms with Crippen molar-refractivity contribution < 1.29 is 108 Å². The minimum atomic E-state index is -5.31. The van der Waals surface area contributed by atoms with Crippen LogP contribution in [-0.2, 0) is 40.5 Å². The van der Waals surface area contributed by atoms with Gasteiger partial charge in [-0.1, -0.05) is 0 Å². The van der Waals surface area contributed by atoms with E-state index in [4.69, 9.17) is 9.66 Å². The first-order chi connectivity index (χ1) is 6.48. The molecule has 0 fully saturated rings. The van der Waals surface area contributed by atoms with Crippen LogP contribution in [0.15, 0.2) is 0 Å². The van der Waals surface area contributed by atoms with Crippen molar-refractivity contribution in [1.82, 2.24) is 0 Å². The Bertz CT molecular complexity index is 349. The van der Waals surface area contributed by atoms with Crippen LogP contribution in [0.5, 0.6) is 0 Å². The van der Waals surface area contributed by atoms with Gasteiger partial charge >= 0.3 is 59.1 Å². The maximum Gasteiger partial charge on any atom is 1.00 e. The third-order valence-corrected chi connectivity index (χ3v) is 1.08. The maximum absolute atomic E-state index is 9.37. The van der Waals surface area contributed by atoms with E-state index in [9.17, 15) is 30.1 Å². The Morgan fingerprint density at radius 1 is 1.00 bits per heavy atom. The molecule has 94 valence electrons. The van der Waals surface area contributed by atoms with Crippen LogP contribution >= 0.6 is 0 Å². The van der Waals surface area contributed by atoms with E-state index in [1.165, 1.54) is 0 Å². The summed E-state index contributed by atoms with van der Waals surface area (Å²) < 4.78 is 78.3. The van der Waals surface area contributed by atoms with Gasteiger partial charge in [0.1, 0.15) is 5.94 Å². The number of hydrogen-bond donors (Lipinski definition) is 2. The zero-order valence-electron chi connectivity index (χ0n) is 8.50. The van der Waals surface area contributed by atoms with Gasteiger partial charge in [-0.25, -0.2) is 21.0 Å². The molecule has 0 aromatic heterocycles. The van der Waals surface area contributed by atoms with Gasteiger partial charge in [0, 0.05) is 0 Å². The summed E-state index contributed by atoms with van der Waals surface area (Å²) in [5.41, 5.74) is 0. The van der Waals surface area contributed by atoms with E-state index in [0.717, 1.165) is 0 Å². The van der Waals surface area contributed by atoms with Gasteiger partial charge < -0.3 is 18.8 Å². The monoisotopic (exact) mass is 334 g/mol. The van der Waals surface area contributed by atoms with Crippen molar-refractivity contribution in [2.24, 2.45) is 0 Å². The Morgan fingerprint density at radius 2 is 1.18 bits per heavy atom. The van der Waals surface area contributed by atoms with Gasteiger partial charge in [-0.05, 0) is 0 Å². The zero-order chi connectivity index (χ0) is 12.7. The topological polar surface area (TPSA) is 190 Å². The van der Waals surface area contributed by atoms with Gasteiger partial charge in [0.2, 0.25) is 20.8 Å². The predicted octanol–water partition coefficient (Wildman–Crippen LogP) is -8.98. The molecule has 0 amide bonds. The molecule has 0 aliphatic rings. The number of aliphatic hydroxyl groups excluding tert-OH is 1. The van der Waals surface area contributed by atoms with Crippen LogP contribution in [0.3, 0.4) is 0 Å². The Balaban J connectivity index is -0.000000105. The quantitative estimate of drug-likeness (QED) is 0.124. The van der Waals surface area contributed by atoms with Crippen LogP contribution in [0.2, 0.25) is 0 Å². The fourth-order valence-electron chi connectivity index (χ4n) is 0.0680. The van der Waals surface area contributed by atoms with Crippen LogP contribution < -0.4 is 59.1 Å². The van der Waals surface area contributed by atoms with Gasteiger partial charge in [-0.3, -0.25) is 0 Å². The van der Waals surface area contributed by atoms with Crippen molar-refractivity contribution in [1.29, 1.82) is 0 Å². The van der Waals surface area contributed by atoms with E-state index in [2.05, 4.69) is 8.67 Å². The zero-order valence-corrected chi connectivity index (χ0v) is 15.0. The Morgan fingerprint density at radius 3 is 1.24 bits per heavy atom. The van der Waals surface area contributed by atoms with Gasteiger partial charge in [-0.15, -0.1) is 8.67 Å². The first kappa shape index (κ1) is 27.2. The molecule has 0 aromatic rings. The second-order valence-electron chi connectivity index (χ2n) is 1.40. The molecule has 1 atom stereocenters. The molecule has 0 aliphatic heterocycles. The van der Waals surface area contributed by atoms with Crippen molar-refractivity contribution in [2.45, 2.75) is 0 Å². The average Bonchev–Trinajstić information content (AvgIpc) is 2.00. The molecule has 17 heavy (non-hydrogen) atoms. The average molecular weight is 334 g/mol. The fourth-order valence-corrected chi connectivity index (χ4v) is 0.612. The van der Waals surface area contributed by atoms with Crippen LogP contribution in [0.25, 0.3) is 0 Å².